The Morgan fingerprint density at radius 2 is 1.33 bits per heavy atom. The fraction of sp³-hybridized carbons (Fsp3) is 0.571. The third-order valence-corrected chi connectivity index (χ3v) is 6.21. The van der Waals surface area contributed by atoms with Gasteiger partial charge in [-0.1, -0.05) is 43.2 Å². The van der Waals surface area contributed by atoms with Gasteiger partial charge in [0.1, 0.15) is 12.2 Å². The van der Waals surface area contributed by atoms with Crippen molar-refractivity contribution in [2.24, 2.45) is 0 Å². The lowest BCUT2D eigenvalue weighted by Gasteiger charge is -2.17. The number of esters is 2. The summed E-state index contributed by atoms with van der Waals surface area (Å²) in [5.74, 6) is -1.12. The van der Waals surface area contributed by atoms with E-state index in [1.165, 1.54) is 0 Å². The van der Waals surface area contributed by atoms with Crippen molar-refractivity contribution in [2.45, 2.75) is 70.2 Å². The quantitative estimate of drug-likeness (QED) is 0.179. The predicted molar refractivity (Wildman–Crippen MR) is 133 cm³/mol. The Morgan fingerprint density at radius 1 is 0.750 bits per heavy atom. The first-order valence-electron chi connectivity index (χ1n) is 12.9. The molecule has 1 aromatic rings. The molecule has 36 heavy (non-hydrogen) atoms. The van der Waals surface area contributed by atoms with E-state index in [1.807, 2.05) is 36.4 Å². The first-order valence-corrected chi connectivity index (χ1v) is 12.9. The molecule has 0 saturated carbocycles. The van der Waals surface area contributed by atoms with Crippen molar-refractivity contribution in [3.63, 3.8) is 0 Å². The van der Waals surface area contributed by atoms with E-state index in [0.717, 1.165) is 49.7 Å². The van der Waals surface area contributed by atoms with Gasteiger partial charge in [0.05, 0.1) is 37.6 Å². The second-order valence-electron chi connectivity index (χ2n) is 9.03. The molecule has 0 fully saturated rings. The molecular formula is C28H38O8. The highest BCUT2D eigenvalue weighted by molar-refractivity contribution is 6.04. The van der Waals surface area contributed by atoms with Crippen molar-refractivity contribution in [3.05, 3.63) is 58.7 Å². The summed E-state index contributed by atoms with van der Waals surface area (Å²) in [5, 5.41) is 17.8. The molecule has 8 nitrogen and oxygen atoms in total. The fourth-order valence-electron chi connectivity index (χ4n) is 4.30. The molecule has 2 aliphatic heterocycles. The van der Waals surface area contributed by atoms with Crippen molar-refractivity contribution < 1.29 is 38.7 Å². The Balaban J connectivity index is 1.59. The van der Waals surface area contributed by atoms with Gasteiger partial charge in [-0.2, -0.15) is 0 Å². The Kier molecular flexibility index (Phi) is 12.1. The molecule has 8 heteroatoms. The van der Waals surface area contributed by atoms with Gasteiger partial charge in [-0.25, -0.2) is 9.59 Å². The average Bonchev–Trinajstić information content (AvgIpc) is 3.47. The van der Waals surface area contributed by atoms with Gasteiger partial charge in [-0.15, -0.1) is 0 Å². The summed E-state index contributed by atoms with van der Waals surface area (Å²) in [5.41, 5.74) is 2.27. The van der Waals surface area contributed by atoms with Crippen LogP contribution in [0, 0.1) is 0 Å². The molecular weight excluding hydrogens is 464 g/mol. The van der Waals surface area contributed by atoms with Gasteiger partial charge in [-0.3, -0.25) is 0 Å². The maximum atomic E-state index is 13.0. The molecule has 0 aliphatic carbocycles. The highest BCUT2D eigenvalue weighted by atomic mass is 16.6. The molecule has 2 heterocycles. The maximum absolute atomic E-state index is 13.0. The zero-order chi connectivity index (χ0) is 25.6. The summed E-state index contributed by atoms with van der Waals surface area (Å²) in [6.45, 7) is 1.50. The molecule has 2 atom stereocenters. The van der Waals surface area contributed by atoms with Crippen molar-refractivity contribution in [3.8, 4) is 0 Å². The lowest BCUT2D eigenvalue weighted by molar-refractivity contribution is -0.142. The van der Waals surface area contributed by atoms with E-state index in [9.17, 15) is 9.59 Å². The van der Waals surface area contributed by atoms with E-state index in [-0.39, 0.29) is 44.2 Å². The van der Waals surface area contributed by atoms with Gasteiger partial charge in [0, 0.05) is 13.2 Å². The minimum absolute atomic E-state index is 0.154. The van der Waals surface area contributed by atoms with Crippen LogP contribution in [-0.4, -0.2) is 67.4 Å². The number of carbonyl (C=O) groups excluding carboxylic acids is 2. The van der Waals surface area contributed by atoms with Crippen molar-refractivity contribution in [1.82, 2.24) is 0 Å². The Hall–Kier alpha value is -2.52. The topological polar surface area (TPSA) is 112 Å². The number of ether oxygens (including phenoxy) is 4. The number of aliphatic hydroxyl groups excluding tert-OH is 2. The monoisotopic (exact) mass is 502 g/mol. The number of benzene rings is 1. The molecule has 0 unspecified atom stereocenters. The molecule has 0 aromatic heterocycles. The molecule has 0 amide bonds. The van der Waals surface area contributed by atoms with E-state index >= 15 is 0 Å². The van der Waals surface area contributed by atoms with Crippen LogP contribution in [0.1, 0.15) is 56.9 Å². The van der Waals surface area contributed by atoms with E-state index in [4.69, 9.17) is 29.2 Å². The molecule has 2 aliphatic rings. The van der Waals surface area contributed by atoms with Crippen LogP contribution in [-0.2, 0) is 35.1 Å². The summed E-state index contributed by atoms with van der Waals surface area (Å²) in [7, 11) is 0. The standard InChI is InChI=1S/C28H38O8/c29-14-8-1-3-10-16-34-27(31)24-23-18-22(20-33-19-21-12-6-5-7-13-21)26(36-23)25(24)28(32)35-17-11-4-2-9-15-30/h5-7,12-13,18,23,26,29-30H,1-4,8-11,14-17,19-20H2/t23-,26+/m1/s1. The van der Waals surface area contributed by atoms with Crippen LogP contribution in [0.25, 0.3) is 0 Å². The van der Waals surface area contributed by atoms with Gasteiger partial charge >= 0.3 is 11.9 Å². The zero-order valence-electron chi connectivity index (χ0n) is 20.9. The Morgan fingerprint density at radius 3 is 1.94 bits per heavy atom. The second-order valence-corrected chi connectivity index (χ2v) is 9.03. The van der Waals surface area contributed by atoms with Gasteiger partial charge in [0.15, 0.2) is 0 Å². The van der Waals surface area contributed by atoms with E-state index < -0.39 is 24.1 Å². The largest absolute Gasteiger partial charge is 0.462 e. The summed E-state index contributed by atoms with van der Waals surface area (Å²) >= 11 is 0. The molecule has 198 valence electrons. The molecule has 0 radical (unpaired) electrons. The molecule has 0 saturated heterocycles. The third kappa shape index (κ3) is 8.27. The number of hydrogen-bond donors (Lipinski definition) is 2. The Labute approximate surface area is 212 Å². The Bertz CT molecular complexity index is 892. The number of unbranched alkanes of at least 4 members (excludes halogenated alkanes) is 6. The predicted octanol–water partition coefficient (Wildman–Crippen LogP) is 3.40. The molecule has 2 N–H and O–H groups in total. The average molecular weight is 503 g/mol. The smallest absolute Gasteiger partial charge is 0.337 e. The van der Waals surface area contributed by atoms with Gasteiger partial charge in [0.25, 0.3) is 0 Å². The van der Waals surface area contributed by atoms with Crippen LogP contribution in [0.5, 0.6) is 0 Å². The van der Waals surface area contributed by atoms with Crippen molar-refractivity contribution in [1.29, 1.82) is 0 Å². The van der Waals surface area contributed by atoms with E-state index in [0.29, 0.717) is 19.4 Å². The molecule has 3 rings (SSSR count). The van der Waals surface area contributed by atoms with Gasteiger partial charge in [-0.05, 0) is 55.7 Å². The number of aliphatic hydroxyl groups is 2. The maximum Gasteiger partial charge on any atom is 0.337 e. The fourth-order valence-corrected chi connectivity index (χ4v) is 4.30. The van der Waals surface area contributed by atoms with Crippen LogP contribution in [0.2, 0.25) is 0 Å². The molecule has 2 bridgehead atoms. The molecule has 0 spiro atoms. The van der Waals surface area contributed by atoms with Crippen LogP contribution in [0.3, 0.4) is 0 Å². The lowest BCUT2D eigenvalue weighted by atomic mass is 9.91. The van der Waals surface area contributed by atoms with Crippen molar-refractivity contribution >= 4 is 11.9 Å². The first kappa shape index (κ1) is 28.1. The number of fused-ring (bicyclic) bond motifs is 2. The van der Waals surface area contributed by atoms with Gasteiger partial charge < -0.3 is 29.2 Å². The summed E-state index contributed by atoms with van der Waals surface area (Å²) in [6.07, 6.45) is 6.76. The van der Waals surface area contributed by atoms with Crippen LogP contribution < -0.4 is 0 Å². The number of rotatable bonds is 18. The molecule has 1 aromatic carbocycles. The number of hydrogen-bond acceptors (Lipinski definition) is 8. The van der Waals surface area contributed by atoms with Crippen molar-refractivity contribution in [2.75, 3.05) is 33.0 Å². The normalized spacial score (nSPS) is 18.4. The van der Waals surface area contributed by atoms with Crippen LogP contribution in [0.4, 0.5) is 0 Å². The number of carbonyl (C=O) groups is 2. The highest BCUT2D eigenvalue weighted by Crippen LogP contribution is 2.40. The summed E-state index contributed by atoms with van der Waals surface area (Å²) in [6, 6.07) is 9.80. The minimum atomic E-state index is -0.681. The van der Waals surface area contributed by atoms with E-state index in [2.05, 4.69) is 0 Å². The first-order chi connectivity index (χ1) is 17.7. The SMILES string of the molecule is O=C(OCCCCCCO)C1=C(C(=O)OCCCCCCO)[C@H]2C=C(COCc3ccccc3)[C@@H]1O2. The third-order valence-electron chi connectivity index (χ3n) is 6.21. The summed E-state index contributed by atoms with van der Waals surface area (Å²) < 4.78 is 22.8. The minimum Gasteiger partial charge on any atom is -0.462 e. The lowest BCUT2D eigenvalue weighted by Crippen LogP contribution is -2.26. The van der Waals surface area contributed by atoms with Crippen LogP contribution in [0.15, 0.2) is 53.1 Å². The highest BCUT2D eigenvalue weighted by Gasteiger charge is 2.48. The zero-order valence-corrected chi connectivity index (χ0v) is 20.9. The van der Waals surface area contributed by atoms with E-state index in [1.54, 1.807) is 0 Å². The van der Waals surface area contributed by atoms with Crippen LogP contribution >= 0.6 is 0 Å². The van der Waals surface area contributed by atoms with Gasteiger partial charge in [0.2, 0.25) is 0 Å². The summed E-state index contributed by atoms with van der Waals surface area (Å²) in [4.78, 5) is 25.9. The second kappa shape index (κ2) is 15.6.